The molecule has 2 heteroatoms. The molecule has 0 heterocycles. The molecule has 0 saturated heterocycles. The van der Waals surface area contributed by atoms with Crippen molar-refractivity contribution in [1.29, 1.82) is 0 Å². The Kier molecular flexibility index (Phi) is 6.68. The number of Topliss-reactive ketones (excluding diaryl/α,β-unsaturated/α-hetero) is 1. The topological polar surface area (TPSA) is 17.1 Å². The summed E-state index contributed by atoms with van der Waals surface area (Å²) in [6.45, 7) is 3.65. The quantitative estimate of drug-likeness (QED) is 0.426. The zero-order chi connectivity index (χ0) is 10.4. The molecule has 80 valence electrons. The van der Waals surface area contributed by atoms with E-state index >= 15 is 0 Å². The Morgan fingerprint density at radius 1 is 0.933 bits per heavy atom. The number of hydrogen-bond donors (Lipinski definition) is 0. The molecule has 0 N–H and O–H groups in total. The van der Waals surface area contributed by atoms with E-state index in [2.05, 4.69) is 19.1 Å². The van der Waals surface area contributed by atoms with Gasteiger partial charge in [-0.25, -0.2) is 24.3 Å². The number of carbonyl (C=O) groups is 1. The number of ketones is 1. The molecule has 0 amide bonds. The molecule has 0 aromatic heterocycles. The molecule has 0 atom stereocenters. The van der Waals surface area contributed by atoms with Gasteiger partial charge >= 0.3 is 17.1 Å². The standard InChI is InChI=1S/C7H7O.C6H7.Fe/c1-6(8)7-4-2-3-5-7;1-6-4-2-3-5-6;/h2-5H,1H3;2-5H,1H3;/q2*-1;+2. The first-order valence-corrected chi connectivity index (χ1v) is 4.61. The minimum atomic E-state index is 0. The second-order valence-corrected chi connectivity index (χ2v) is 3.19. The van der Waals surface area contributed by atoms with Crippen LogP contribution >= 0.6 is 0 Å². The van der Waals surface area contributed by atoms with E-state index < -0.39 is 0 Å². The summed E-state index contributed by atoms with van der Waals surface area (Å²) < 4.78 is 0. The maximum atomic E-state index is 10.5. The predicted octanol–water partition coefficient (Wildman–Crippen LogP) is 3.32. The number of carbonyl (C=O) groups excluding carboxylic acids is 1. The van der Waals surface area contributed by atoms with Gasteiger partial charge in [0.2, 0.25) is 0 Å². The predicted molar refractivity (Wildman–Crippen MR) is 58.8 cm³/mol. The molecule has 0 saturated carbocycles. The van der Waals surface area contributed by atoms with Crippen molar-refractivity contribution >= 4 is 5.78 Å². The summed E-state index contributed by atoms with van der Waals surface area (Å²) in [6.07, 6.45) is 0. The van der Waals surface area contributed by atoms with Crippen molar-refractivity contribution in [3.63, 3.8) is 0 Å². The van der Waals surface area contributed by atoms with Gasteiger partial charge in [0.15, 0.2) is 0 Å². The van der Waals surface area contributed by atoms with Crippen molar-refractivity contribution in [3.05, 3.63) is 59.7 Å². The van der Waals surface area contributed by atoms with Crippen LogP contribution in [-0.2, 0) is 17.1 Å². The third kappa shape index (κ3) is 5.36. The molecular weight excluding hydrogens is 228 g/mol. The van der Waals surface area contributed by atoms with Crippen LogP contribution in [0.5, 0.6) is 0 Å². The van der Waals surface area contributed by atoms with E-state index in [-0.39, 0.29) is 22.9 Å². The van der Waals surface area contributed by atoms with Crippen LogP contribution in [0.1, 0.15) is 22.8 Å². The number of rotatable bonds is 1. The Labute approximate surface area is 101 Å². The molecule has 0 unspecified atom stereocenters. The van der Waals surface area contributed by atoms with Gasteiger partial charge in [0.05, 0.1) is 0 Å². The monoisotopic (exact) mass is 242 g/mol. The van der Waals surface area contributed by atoms with Crippen LogP contribution in [0.2, 0.25) is 0 Å². The van der Waals surface area contributed by atoms with Crippen LogP contribution in [0.15, 0.2) is 48.5 Å². The minimum Gasteiger partial charge on any atom is -0.309 e. The molecule has 15 heavy (non-hydrogen) atoms. The smallest absolute Gasteiger partial charge is 0.309 e. The molecular formula is C13H14FeO. The average Bonchev–Trinajstić information content (AvgIpc) is 2.75. The summed E-state index contributed by atoms with van der Waals surface area (Å²) in [5.74, 6) is 0.134. The van der Waals surface area contributed by atoms with E-state index in [1.165, 1.54) is 5.56 Å². The van der Waals surface area contributed by atoms with Crippen molar-refractivity contribution in [2.24, 2.45) is 0 Å². The van der Waals surface area contributed by atoms with E-state index in [9.17, 15) is 4.79 Å². The number of aryl methyl sites for hydroxylation is 1. The Morgan fingerprint density at radius 2 is 1.33 bits per heavy atom. The summed E-state index contributed by atoms with van der Waals surface area (Å²) in [5.41, 5.74) is 2.14. The van der Waals surface area contributed by atoms with Gasteiger partial charge in [-0.15, -0.1) is 0 Å². The van der Waals surface area contributed by atoms with Gasteiger partial charge in [-0.2, -0.15) is 29.8 Å². The van der Waals surface area contributed by atoms with Gasteiger partial charge < -0.3 is 4.79 Å². The minimum absolute atomic E-state index is 0. The van der Waals surface area contributed by atoms with Crippen molar-refractivity contribution < 1.29 is 21.9 Å². The van der Waals surface area contributed by atoms with E-state index in [1.54, 1.807) is 6.92 Å². The van der Waals surface area contributed by atoms with Crippen LogP contribution in [0.4, 0.5) is 0 Å². The molecule has 2 aromatic rings. The van der Waals surface area contributed by atoms with Gasteiger partial charge in [0, 0.05) is 0 Å². The van der Waals surface area contributed by atoms with Crippen LogP contribution in [0.25, 0.3) is 0 Å². The third-order valence-electron chi connectivity index (χ3n) is 1.90. The summed E-state index contributed by atoms with van der Waals surface area (Å²) >= 11 is 0. The Hall–Kier alpha value is -1.11. The molecule has 0 aliphatic heterocycles. The molecule has 2 rings (SSSR count). The fourth-order valence-electron chi connectivity index (χ4n) is 1.08. The number of hydrogen-bond acceptors (Lipinski definition) is 1. The van der Waals surface area contributed by atoms with Gasteiger partial charge in [-0.1, -0.05) is 12.5 Å². The van der Waals surface area contributed by atoms with Gasteiger partial charge in [0.1, 0.15) is 5.78 Å². The van der Waals surface area contributed by atoms with Crippen LogP contribution in [0.3, 0.4) is 0 Å². The molecule has 0 aliphatic rings. The fourth-order valence-corrected chi connectivity index (χ4v) is 1.08. The molecule has 0 spiro atoms. The van der Waals surface area contributed by atoms with Gasteiger partial charge in [-0.05, 0) is 6.92 Å². The molecule has 0 bridgehead atoms. The molecule has 2 aromatic carbocycles. The molecule has 0 aliphatic carbocycles. The second kappa shape index (κ2) is 7.22. The Balaban J connectivity index is 0.000000253. The van der Waals surface area contributed by atoms with Crippen LogP contribution in [0, 0.1) is 6.92 Å². The van der Waals surface area contributed by atoms with E-state index in [1.807, 2.05) is 36.4 Å². The first-order valence-electron chi connectivity index (χ1n) is 4.61. The maximum absolute atomic E-state index is 10.5. The van der Waals surface area contributed by atoms with Gasteiger partial charge in [0.25, 0.3) is 0 Å². The largest absolute Gasteiger partial charge is 2.00 e. The zero-order valence-corrected chi connectivity index (χ0v) is 9.98. The maximum Gasteiger partial charge on any atom is 2.00 e. The SMILES string of the molecule is CC(=O)[c-]1cccc1.C[c-]1cccc1.[Fe+2]. The first kappa shape index (κ1) is 13.9. The Bertz CT molecular complexity index is 357. The normalized spacial score (nSPS) is 8.40. The van der Waals surface area contributed by atoms with Crippen molar-refractivity contribution in [2.75, 3.05) is 0 Å². The molecule has 1 nitrogen and oxygen atoms in total. The summed E-state index contributed by atoms with van der Waals surface area (Å²) in [6, 6.07) is 15.6. The van der Waals surface area contributed by atoms with Crippen LogP contribution in [-0.4, -0.2) is 5.78 Å². The van der Waals surface area contributed by atoms with E-state index in [4.69, 9.17) is 0 Å². The third-order valence-corrected chi connectivity index (χ3v) is 1.90. The zero-order valence-electron chi connectivity index (χ0n) is 8.88. The second-order valence-electron chi connectivity index (χ2n) is 3.19. The van der Waals surface area contributed by atoms with Crippen LogP contribution < -0.4 is 0 Å². The Morgan fingerprint density at radius 3 is 1.53 bits per heavy atom. The van der Waals surface area contributed by atoms with Crippen molar-refractivity contribution in [2.45, 2.75) is 13.8 Å². The first-order chi connectivity index (χ1) is 6.70. The summed E-state index contributed by atoms with van der Waals surface area (Å²) in [5, 5.41) is 0. The van der Waals surface area contributed by atoms with E-state index in [0.29, 0.717) is 0 Å². The fraction of sp³-hybridized carbons (Fsp3) is 0.154. The van der Waals surface area contributed by atoms with Gasteiger partial charge in [-0.3, -0.25) is 0 Å². The van der Waals surface area contributed by atoms with Crippen molar-refractivity contribution in [1.82, 2.24) is 0 Å². The average molecular weight is 242 g/mol. The molecule has 0 fully saturated rings. The van der Waals surface area contributed by atoms with Crippen molar-refractivity contribution in [3.8, 4) is 0 Å². The summed E-state index contributed by atoms with van der Waals surface area (Å²) in [7, 11) is 0. The molecule has 0 radical (unpaired) electrons. The summed E-state index contributed by atoms with van der Waals surface area (Å²) in [4.78, 5) is 10.5. The van der Waals surface area contributed by atoms with E-state index in [0.717, 1.165) is 5.56 Å².